The topological polar surface area (TPSA) is 46.5 Å². The molecule has 1 rings (SSSR count). The number of hydrogen-bond acceptors (Lipinski definition) is 3. The highest BCUT2D eigenvalue weighted by atomic mass is 19.2. The Morgan fingerprint density at radius 2 is 2.00 bits per heavy atom. The van der Waals surface area contributed by atoms with Crippen LogP contribution in [0, 0.1) is 11.6 Å². The number of carbonyl (C=O) groups is 1. The molecule has 0 amide bonds. The number of esters is 1. The SMILES string of the molecule is CCOC(=O)Cc1cc(F)c(F)cc1O. The number of halogens is 2. The molecule has 1 aromatic rings. The van der Waals surface area contributed by atoms with Gasteiger partial charge in [0.2, 0.25) is 0 Å². The summed E-state index contributed by atoms with van der Waals surface area (Å²) in [5, 5.41) is 9.22. The second-order valence-electron chi connectivity index (χ2n) is 2.88. The molecular weight excluding hydrogens is 206 g/mol. The smallest absolute Gasteiger partial charge is 0.310 e. The maximum absolute atomic E-state index is 12.8. The Kier molecular flexibility index (Phi) is 3.60. The fraction of sp³-hybridized carbons (Fsp3) is 0.300. The number of phenolic OH excluding ortho intramolecular Hbond substituents is 1. The minimum absolute atomic E-state index is 0.00681. The van der Waals surface area contributed by atoms with E-state index in [4.69, 9.17) is 0 Å². The van der Waals surface area contributed by atoms with Crippen LogP contribution in [0.15, 0.2) is 12.1 Å². The summed E-state index contributed by atoms with van der Waals surface area (Å²) in [4.78, 5) is 11.0. The van der Waals surface area contributed by atoms with Crippen molar-refractivity contribution < 1.29 is 23.4 Å². The Morgan fingerprint density at radius 3 is 2.60 bits per heavy atom. The van der Waals surface area contributed by atoms with Crippen molar-refractivity contribution in [3.63, 3.8) is 0 Å². The molecule has 0 atom stereocenters. The molecule has 0 heterocycles. The van der Waals surface area contributed by atoms with Crippen molar-refractivity contribution in [2.75, 3.05) is 6.61 Å². The minimum atomic E-state index is -1.15. The molecule has 0 aromatic heterocycles. The van der Waals surface area contributed by atoms with E-state index in [0.29, 0.717) is 6.07 Å². The van der Waals surface area contributed by atoms with E-state index in [1.54, 1.807) is 6.92 Å². The zero-order chi connectivity index (χ0) is 11.4. The van der Waals surface area contributed by atoms with Gasteiger partial charge in [-0.25, -0.2) is 8.78 Å². The van der Waals surface area contributed by atoms with Crippen LogP contribution in [0.5, 0.6) is 5.75 Å². The first-order valence-corrected chi connectivity index (χ1v) is 4.37. The lowest BCUT2D eigenvalue weighted by atomic mass is 10.1. The van der Waals surface area contributed by atoms with Crippen LogP contribution in [-0.4, -0.2) is 17.7 Å². The van der Waals surface area contributed by atoms with Gasteiger partial charge in [0.1, 0.15) is 5.75 Å². The lowest BCUT2D eigenvalue weighted by Crippen LogP contribution is -2.08. The standard InChI is InChI=1S/C10H10F2O3/c1-2-15-10(14)4-6-3-7(11)8(12)5-9(6)13/h3,5,13H,2,4H2,1H3. The monoisotopic (exact) mass is 216 g/mol. The molecule has 5 heteroatoms. The summed E-state index contributed by atoms with van der Waals surface area (Å²) >= 11 is 0. The van der Waals surface area contributed by atoms with Crippen molar-refractivity contribution in [1.29, 1.82) is 0 Å². The lowest BCUT2D eigenvalue weighted by Gasteiger charge is -2.05. The zero-order valence-electron chi connectivity index (χ0n) is 8.09. The van der Waals surface area contributed by atoms with Gasteiger partial charge in [-0.2, -0.15) is 0 Å². The minimum Gasteiger partial charge on any atom is -0.508 e. The Hall–Kier alpha value is -1.65. The van der Waals surface area contributed by atoms with Crippen molar-refractivity contribution in [1.82, 2.24) is 0 Å². The largest absolute Gasteiger partial charge is 0.508 e. The molecule has 0 aliphatic carbocycles. The second kappa shape index (κ2) is 4.72. The highest BCUT2D eigenvalue weighted by Crippen LogP contribution is 2.21. The Labute approximate surface area is 85.3 Å². The maximum Gasteiger partial charge on any atom is 0.310 e. The van der Waals surface area contributed by atoms with Gasteiger partial charge in [0, 0.05) is 11.6 Å². The van der Waals surface area contributed by atoms with E-state index in [9.17, 15) is 18.7 Å². The number of benzene rings is 1. The molecule has 0 radical (unpaired) electrons. The average molecular weight is 216 g/mol. The first-order chi connectivity index (χ1) is 7.04. The molecule has 0 fully saturated rings. The fourth-order valence-corrected chi connectivity index (χ4v) is 1.09. The van der Waals surface area contributed by atoms with E-state index in [1.807, 2.05) is 0 Å². The van der Waals surface area contributed by atoms with Crippen LogP contribution < -0.4 is 0 Å². The molecular formula is C10H10F2O3. The van der Waals surface area contributed by atoms with E-state index in [0.717, 1.165) is 6.07 Å². The van der Waals surface area contributed by atoms with E-state index in [-0.39, 0.29) is 18.6 Å². The number of phenols is 1. The van der Waals surface area contributed by atoms with E-state index < -0.39 is 23.4 Å². The van der Waals surface area contributed by atoms with Crippen molar-refractivity contribution in [2.24, 2.45) is 0 Å². The fourth-order valence-electron chi connectivity index (χ4n) is 1.09. The molecule has 0 unspecified atom stereocenters. The second-order valence-corrected chi connectivity index (χ2v) is 2.88. The van der Waals surface area contributed by atoms with Crippen LogP contribution in [0.25, 0.3) is 0 Å². The van der Waals surface area contributed by atoms with Crippen LogP contribution in [0.1, 0.15) is 12.5 Å². The van der Waals surface area contributed by atoms with E-state index >= 15 is 0 Å². The number of ether oxygens (including phenoxy) is 1. The normalized spacial score (nSPS) is 10.1. The van der Waals surface area contributed by atoms with Crippen molar-refractivity contribution >= 4 is 5.97 Å². The molecule has 1 aromatic carbocycles. The molecule has 0 bridgehead atoms. The highest BCUT2D eigenvalue weighted by Gasteiger charge is 2.12. The summed E-state index contributed by atoms with van der Waals surface area (Å²) < 4.78 is 30.0. The van der Waals surface area contributed by atoms with Gasteiger partial charge in [-0.05, 0) is 13.0 Å². The van der Waals surface area contributed by atoms with E-state index in [1.165, 1.54) is 0 Å². The maximum atomic E-state index is 12.8. The zero-order valence-corrected chi connectivity index (χ0v) is 8.09. The number of hydrogen-bond donors (Lipinski definition) is 1. The van der Waals surface area contributed by atoms with Crippen LogP contribution in [0.4, 0.5) is 8.78 Å². The predicted octanol–water partition coefficient (Wildman–Crippen LogP) is 1.78. The summed E-state index contributed by atoms with van der Waals surface area (Å²) in [6.45, 7) is 1.83. The number of aromatic hydroxyl groups is 1. The van der Waals surface area contributed by atoms with Gasteiger partial charge in [0.05, 0.1) is 13.0 Å². The predicted molar refractivity (Wildman–Crippen MR) is 48.4 cm³/mol. The molecule has 3 nitrogen and oxygen atoms in total. The van der Waals surface area contributed by atoms with E-state index in [2.05, 4.69) is 4.74 Å². The third kappa shape index (κ3) is 2.90. The van der Waals surface area contributed by atoms with Gasteiger partial charge in [-0.3, -0.25) is 4.79 Å². The first-order valence-electron chi connectivity index (χ1n) is 4.37. The summed E-state index contributed by atoms with van der Waals surface area (Å²) in [6.07, 6.45) is -0.281. The van der Waals surface area contributed by atoms with Gasteiger partial charge >= 0.3 is 5.97 Å². The molecule has 0 aliphatic heterocycles. The Balaban J connectivity index is 2.86. The van der Waals surface area contributed by atoms with Crippen molar-refractivity contribution in [3.8, 4) is 5.75 Å². The van der Waals surface area contributed by atoms with Crippen LogP contribution >= 0.6 is 0 Å². The molecule has 82 valence electrons. The van der Waals surface area contributed by atoms with Gasteiger partial charge in [0.25, 0.3) is 0 Å². The number of carbonyl (C=O) groups excluding carboxylic acids is 1. The quantitative estimate of drug-likeness (QED) is 0.783. The van der Waals surface area contributed by atoms with Crippen LogP contribution in [0.2, 0.25) is 0 Å². The summed E-state index contributed by atoms with van der Waals surface area (Å²) in [5.74, 6) is -3.31. The van der Waals surface area contributed by atoms with Crippen LogP contribution in [-0.2, 0) is 16.0 Å². The van der Waals surface area contributed by atoms with Crippen LogP contribution in [0.3, 0.4) is 0 Å². The molecule has 0 saturated heterocycles. The lowest BCUT2D eigenvalue weighted by molar-refractivity contribution is -0.142. The molecule has 15 heavy (non-hydrogen) atoms. The number of rotatable bonds is 3. The van der Waals surface area contributed by atoms with Gasteiger partial charge in [-0.1, -0.05) is 0 Å². The average Bonchev–Trinajstić information content (AvgIpc) is 2.14. The summed E-state index contributed by atoms with van der Waals surface area (Å²) in [7, 11) is 0. The van der Waals surface area contributed by atoms with Gasteiger partial charge in [-0.15, -0.1) is 0 Å². The summed E-state index contributed by atoms with van der Waals surface area (Å²) in [5.41, 5.74) is 0.00681. The molecule has 0 spiro atoms. The summed E-state index contributed by atoms with van der Waals surface area (Å²) in [6, 6.07) is 1.41. The molecule has 0 saturated carbocycles. The van der Waals surface area contributed by atoms with Gasteiger partial charge in [0.15, 0.2) is 11.6 Å². The Bertz CT molecular complexity index is 377. The third-order valence-corrected chi connectivity index (χ3v) is 1.76. The van der Waals surface area contributed by atoms with Crippen molar-refractivity contribution in [2.45, 2.75) is 13.3 Å². The Morgan fingerprint density at radius 1 is 1.40 bits per heavy atom. The third-order valence-electron chi connectivity index (χ3n) is 1.76. The molecule has 1 N–H and O–H groups in total. The van der Waals surface area contributed by atoms with Gasteiger partial charge < -0.3 is 9.84 Å². The first kappa shape index (κ1) is 11.4. The highest BCUT2D eigenvalue weighted by molar-refractivity contribution is 5.73. The molecule has 0 aliphatic rings. The van der Waals surface area contributed by atoms with Crippen molar-refractivity contribution in [3.05, 3.63) is 29.3 Å².